The van der Waals surface area contributed by atoms with Crippen molar-refractivity contribution in [2.24, 2.45) is 11.8 Å². The minimum atomic E-state index is -0.383. The lowest BCUT2D eigenvalue weighted by atomic mass is 9.58. The molecule has 1 saturated heterocycles. The highest BCUT2D eigenvalue weighted by atomic mass is 32.1. The number of hydrogen-bond donors (Lipinski definition) is 1. The van der Waals surface area contributed by atoms with Gasteiger partial charge in [-0.1, -0.05) is 109 Å². The molecule has 1 heterocycles. The van der Waals surface area contributed by atoms with Gasteiger partial charge in [-0.25, -0.2) is 0 Å². The van der Waals surface area contributed by atoms with E-state index in [1.807, 2.05) is 6.92 Å². The molecular weight excluding hydrogens is 498 g/mol. The third-order valence-electron chi connectivity index (χ3n) is 10.1. The number of rotatable bonds is 4. The number of carbonyl (C=O) groups excluding carboxylic acids is 2. The van der Waals surface area contributed by atoms with Crippen molar-refractivity contribution >= 4 is 28.9 Å². The number of nitrogens with one attached hydrogen (secondary N) is 1. The van der Waals surface area contributed by atoms with Gasteiger partial charge in [-0.15, -0.1) is 0 Å². The highest BCUT2D eigenvalue weighted by Crippen LogP contribution is 2.60. The summed E-state index contributed by atoms with van der Waals surface area (Å²) in [4.78, 5) is 26.4. The van der Waals surface area contributed by atoms with Gasteiger partial charge in [0.2, 0.25) is 0 Å². The summed E-state index contributed by atoms with van der Waals surface area (Å²) in [6.07, 6.45) is 7.23. The Morgan fingerprint density at radius 1 is 0.974 bits per heavy atom. The maximum Gasteiger partial charge on any atom is 0.259 e. The van der Waals surface area contributed by atoms with Crippen LogP contribution in [0.25, 0.3) is 11.1 Å². The van der Waals surface area contributed by atoms with Crippen LogP contribution in [0.4, 0.5) is 0 Å². The molecule has 0 saturated carbocycles. The Balaban J connectivity index is 1.74. The second-order valence-electron chi connectivity index (χ2n) is 12.3. The van der Waals surface area contributed by atoms with Crippen LogP contribution in [0.1, 0.15) is 102 Å². The van der Waals surface area contributed by atoms with Crippen LogP contribution in [0.5, 0.6) is 0 Å². The van der Waals surface area contributed by atoms with E-state index >= 15 is 0 Å². The average molecular weight is 540 g/mol. The number of hydrogen-bond acceptors (Lipinski definition) is 3. The average Bonchev–Trinajstić information content (AvgIpc) is 3.16. The summed E-state index contributed by atoms with van der Waals surface area (Å²) in [5, 5.41) is 2.77. The van der Waals surface area contributed by atoms with Gasteiger partial charge in [0.05, 0.1) is 10.6 Å². The van der Waals surface area contributed by atoms with Crippen molar-refractivity contribution in [2.75, 3.05) is 0 Å². The van der Waals surface area contributed by atoms with Gasteiger partial charge in [0, 0.05) is 23.2 Å². The Kier molecular flexibility index (Phi) is 7.08. The third kappa shape index (κ3) is 4.01. The molecule has 1 aliphatic heterocycles. The molecule has 204 valence electrons. The molecule has 39 heavy (non-hydrogen) atoms. The zero-order chi connectivity index (χ0) is 28.3. The minimum absolute atomic E-state index is 0.0215. The predicted octanol–water partition coefficient (Wildman–Crippen LogP) is 8.10. The summed E-state index contributed by atoms with van der Waals surface area (Å²) in [6.45, 7) is 15.8. The van der Waals surface area contributed by atoms with Crippen LogP contribution in [0.15, 0.2) is 59.7 Å². The normalized spacial score (nSPS) is 27.2. The molecule has 0 bridgehead atoms. The number of allylic oxidation sites excluding steroid dienone is 3. The summed E-state index contributed by atoms with van der Waals surface area (Å²) >= 11 is 5.33. The summed E-state index contributed by atoms with van der Waals surface area (Å²) < 4.78 is 0. The van der Waals surface area contributed by atoms with Crippen molar-refractivity contribution in [3.63, 3.8) is 0 Å². The van der Waals surface area contributed by atoms with E-state index in [9.17, 15) is 9.59 Å². The number of fused-ring (bicyclic) bond motifs is 5. The second kappa shape index (κ2) is 9.96. The first-order valence-electron chi connectivity index (χ1n) is 14.6. The Morgan fingerprint density at radius 2 is 1.67 bits per heavy atom. The molecule has 0 radical (unpaired) electrons. The fraction of sp³-hybridized carbons (Fsp3) is 0.457. The quantitative estimate of drug-likeness (QED) is 0.243. The van der Waals surface area contributed by atoms with E-state index in [-0.39, 0.29) is 40.4 Å². The molecule has 3 aliphatic rings. The molecule has 4 heteroatoms. The number of amides is 1. The molecule has 0 aromatic heterocycles. The van der Waals surface area contributed by atoms with Crippen LogP contribution in [0.2, 0.25) is 0 Å². The number of carbonyl (C=O) groups is 2. The maximum absolute atomic E-state index is 13.0. The second-order valence-corrected chi connectivity index (χ2v) is 12.7. The van der Waals surface area contributed by atoms with Gasteiger partial charge in [0.25, 0.3) is 5.91 Å². The summed E-state index contributed by atoms with van der Waals surface area (Å²) in [7, 11) is 0. The fourth-order valence-electron chi connectivity index (χ4n) is 7.88. The summed E-state index contributed by atoms with van der Waals surface area (Å²) in [5.74, 6) is -0.0321. The van der Waals surface area contributed by atoms with Crippen molar-refractivity contribution in [1.29, 1.82) is 0 Å². The standard InChI is InChI=1S/C35H41NO2S/c1-8-22-21(5)23-15-18-28-30(24-13-11-12-14-27(24)35(28,9-2)10-3)31(23)34(6,7)26(22)17-16-25-29(37)19-20(4)33(39)36-32(25)38/h11-18,20-22H,8-10,19H2,1-7H3,(H,36,38,39)/b25-16+,26-17+. The predicted molar refractivity (Wildman–Crippen MR) is 164 cm³/mol. The van der Waals surface area contributed by atoms with Crippen molar-refractivity contribution in [3.05, 3.63) is 82.0 Å². The van der Waals surface area contributed by atoms with Gasteiger partial charge in [-0.2, -0.15) is 0 Å². The van der Waals surface area contributed by atoms with Crippen LogP contribution in [0, 0.1) is 11.8 Å². The van der Waals surface area contributed by atoms with Gasteiger partial charge >= 0.3 is 0 Å². The lowest BCUT2D eigenvalue weighted by Crippen LogP contribution is -2.36. The first-order chi connectivity index (χ1) is 18.5. The van der Waals surface area contributed by atoms with Gasteiger partial charge in [0.1, 0.15) is 0 Å². The van der Waals surface area contributed by atoms with E-state index in [1.165, 1.54) is 39.0 Å². The first-order valence-corrected chi connectivity index (χ1v) is 15.0. The molecule has 2 aromatic carbocycles. The molecule has 2 aliphatic carbocycles. The van der Waals surface area contributed by atoms with Gasteiger partial charge in [0.15, 0.2) is 5.78 Å². The fourth-order valence-corrected chi connectivity index (χ4v) is 8.05. The maximum atomic E-state index is 13.0. The van der Waals surface area contributed by atoms with Gasteiger partial charge in [-0.05, 0) is 70.6 Å². The van der Waals surface area contributed by atoms with Crippen LogP contribution in [0.3, 0.4) is 0 Å². The Morgan fingerprint density at radius 3 is 2.33 bits per heavy atom. The molecule has 1 fully saturated rings. The van der Waals surface area contributed by atoms with Gasteiger partial charge < -0.3 is 5.32 Å². The van der Waals surface area contributed by atoms with Crippen LogP contribution >= 0.6 is 12.2 Å². The Hall–Kier alpha value is -2.85. The van der Waals surface area contributed by atoms with Crippen LogP contribution in [-0.4, -0.2) is 16.7 Å². The molecule has 2 aromatic rings. The summed E-state index contributed by atoms with van der Waals surface area (Å²) in [6, 6.07) is 13.8. The molecule has 3 atom stereocenters. The van der Waals surface area contributed by atoms with E-state index < -0.39 is 0 Å². The zero-order valence-electron chi connectivity index (χ0n) is 24.4. The third-order valence-corrected chi connectivity index (χ3v) is 10.6. The smallest absolute Gasteiger partial charge is 0.259 e. The number of benzene rings is 2. The Bertz CT molecular complexity index is 1440. The SMILES string of the molecule is CCC1/C(=C\C=C2/C(=O)CC(C)C(=S)NC2=O)C(C)(C)c2c(ccc3c2-c2ccccc2C3(CC)CC)C1C. The molecular formula is C35H41NO2S. The van der Waals surface area contributed by atoms with Crippen LogP contribution < -0.4 is 5.32 Å². The highest BCUT2D eigenvalue weighted by molar-refractivity contribution is 7.80. The number of Topliss-reactive ketones (excluding diaryl/α,β-unsaturated/α-hetero) is 1. The lowest BCUT2D eigenvalue weighted by Gasteiger charge is -2.46. The zero-order valence-corrected chi connectivity index (χ0v) is 25.2. The van der Waals surface area contributed by atoms with E-state index in [0.29, 0.717) is 16.8 Å². The number of ketones is 1. The molecule has 1 N–H and O–H groups in total. The van der Waals surface area contributed by atoms with Crippen molar-refractivity contribution in [3.8, 4) is 11.1 Å². The molecule has 5 rings (SSSR count). The lowest BCUT2D eigenvalue weighted by molar-refractivity contribution is -0.121. The first kappa shape index (κ1) is 27.7. The van der Waals surface area contributed by atoms with Crippen LogP contribution in [-0.2, 0) is 20.4 Å². The van der Waals surface area contributed by atoms with E-state index in [4.69, 9.17) is 12.2 Å². The molecule has 1 amide bonds. The van der Waals surface area contributed by atoms with E-state index in [1.54, 1.807) is 6.08 Å². The van der Waals surface area contributed by atoms with E-state index in [2.05, 4.69) is 89.3 Å². The Labute approximate surface area is 239 Å². The monoisotopic (exact) mass is 539 g/mol. The largest absolute Gasteiger partial charge is 0.316 e. The van der Waals surface area contributed by atoms with Gasteiger partial charge in [-0.3, -0.25) is 9.59 Å². The molecule has 3 nitrogen and oxygen atoms in total. The van der Waals surface area contributed by atoms with E-state index in [0.717, 1.165) is 19.3 Å². The van der Waals surface area contributed by atoms with Crippen molar-refractivity contribution < 1.29 is 9.59 Å². The summed E-state index contributed by atoms with van der Waals surface area (Å²) in [5.41, 5.74) is 9.73. The van der Waals surface area contributed by atoms with Crippen molar-refractivity contribution in [1.82, 2.24) is 5.32 Å². The number of thiocarbonyl (C=S) groups is 1. The van der Waals surface area contributed by atoms with Crippen molar-refractivity contribution in [2.45, 2.75) is 90.9 Å². The molecule has 3 unspecified atom stereocenters. The molecule has 0 spiro atoms. The topological polar surface area (TPSA) is 46.2 Å². The highest BCUT2D eigenvalue weighted by Gasteiger charge is 2.48. The minimum Gasteiger partial charge on any atom is -0.316 e.